The van der Waals surface area contributed by atoms with Gasteiger partial charge in [0.1, 0.15) is 6.10 Å². The molecule has 0 saturated carbocycles. The number of hydrogen-bond acceptors (Lipinski definition) is 3. The van der Waals surface area contributed by atoms with E-state index in [1.807, 2.05) is 42.6 Å². The first kappa shape index (κ1) is 24.1. The van der Waals surface area contributed by atoms with Crippen LogP contribution in [0.2, 0.25) is 0 Å². The molecule has 0 aliphatic rings. The lowest BCUT2D eigenvalue weighted by molar-refractivity contribution is -0.143. The molecule has 0 saturated heterocycles. The minimum atomic E-state index is -0.921. The molecular formula is C27H31NO3. The van der Waals surface area contributed by atoms with Gasteiger partial charge in [0.15, 0.2) is 6.10 Å². The van der Waals surface area contributed by atoms with Crippen molar-refractivity contribution in [3.8, 4) is 23.7 Å². The average molecular weight is 418 g/mol. The number of aromatic amines is 1. The van der Waals surface area contributed by atoms with Crippen LogP contribution in [-0.4, -0.2) is 28.3 Å². The van der Waals surface area contributed by atoms with Crippen LogP contribution in [-0.2, 0) is 16.0 Å². The van der Waals surface area contributed by atoms with Crippen molar-refractivity contribution in [2.45, 2.75) is 64.1 Å². The summed E-state index contributed by atoms with van der Waals surface area (Å²) in [5.74, 6) is 10.3. The van der Waals surface area contributed by atoms with E-state index in [0.29, 0.717) is 0 Å². The molecule has 31 heavy (non-hydrogen) atoms. The Bertz CT molecular complexity index is 994. The molecule has 4 heteroatoms. The second kappa shape index (κ2) is 13.9. The van der Waals surface area contributed by atoms with Crippen molar-refractivity contribution in [2.75, 3.05) is 0 Å². The van der Waals surface area contributed by atoms with Crippen LogP contribution in [0.1, 0.15) is 51.0 Å². The van der Waals surface area contributed by atoms with Crippen molar-refractivity contribution >= 4 is 16.9 Å². The number of nitrogens with one attached hydrogen (secondary N) is 1. The van der Waals surface area contributed by atoms with Gasteiger partial charge < -0.3 is 14.8 Å². The highest BCUT2D eigenvalue weighted by Gasteiger charge is 2.13. The Morgan fingerprint density at radius 2 is 1.97 bits per heavy atom. The van der Waals surface area contributed by atoms with Crippen LogP contribution in [0.3, 0.4) is 0 Å². The number of para-hydroxylation sites is 1. The zero-order chi connectivity index (χ0) is 22.3. The molecule has 0 amide bonds. The number of benzene rings is 1. The van der Waals surface area contributed by atoms with Crippen LogP contribution in [0.4, 0.5) is 0 Å². The second-order valence-corrected chi connectivity index (χ2v) is 7.30. The fourth-order valence-corrected chi connectivity index (χ4v) is 3.10. The summed E-state index contributed by atoms with van der Waals surface area (Å²) in [7, 11) is 0. The highest BCUT2D eigenvalue weighted by atomic mass is 16.5. The Hall–Kier alpha value is -3.21. The minimum Gasteiger partial charge on any atom is -0.445 e. The normalized spacial score (nSPS) is 12.5. The molecule has 162 valence electrons. The first-order valence-corrected chi connectivity index (χ1v) is 10.9. The van der Waals surface area contributed by atoms with Gasteiger partial charge in [-0.3, -0.25) is 4.79 Å². The number of aromatic nitrogens is 1. The molecule has 2 aromatic rings. The van der Waals surface area contributed by atoms with Gasteiger partial charge in [-0.15, -0.1) is 0 Å². The van der Waals surface area contributed by atoms with E-state index in [-0.39, 0.29) is 12.4 Å². The molecule has 0 aliphatic heterocycles. The number of unbranched alkanes of at least 4 members (excludes halogenated alkanes) is 5. The number of hydrogen-bond donors (Lipinski definition) is 2. The maximum Gasteiger partial charge on any atom is 0.311 e. The van der Waals surface area contributed by atoms with Crippen molar-refractivity contribution < 1.29 is 14.6 Å². The Balaban J connectivity index is 1.98. The van der Waals surface area contributed by atoms with Gasteiger partial charge in [0.2, 0.25) is 0 Å². The third-order valence-corrected chi connectivity index (χ3v) is 4.77. The van der Waals surface area contributed by atoms with Crippen molar-refractivity contribution in [2.24, 2.45) is 0 Å². The summed E-state index contributed by atoms with van der Waals surface area (Å²) in [4.78, 5) is 15.7. The molecule has 0 fully saturated rings. The van der Waals surface area contributed by atoms with Gasteiger partial charge in [-0.25, -0.2) is 0 Å². The maximum atomic E-state index is 12.5. The minimum absolute atomic E-state index is 0.161. The first-order valence-electron chi connectivity index (χ1n) is 10.9. The summed E-state index contributed by atoms with van der Waals surface area (Å²) in [6, 6.07) is 7.84. The van der Waals surface area contributed by atoms with E-state index in [4.69, 9.17) is 4.74 Å². The molecule has 2 rings (SSSR count). The molecule has 2 atom stereocenters. The third kappa shape index (κ3) is 8.99. The number of rotatable bonds is 11. The molecular weight excluding hydrogens is 386 g/mol. The molecule has 2 N–H and O–H groups in total. The number of allylic oxidation sites excluding steroid dienone is 1. The Kier molecular flexibility index (Phi) is 10.8. The lowest BCUT2D eigenvalue weighted by Gasteiger charge is -2.08. The van der Waals surface area contributed by atoms with Crippen LogP contribution in [0, 0.1) is 23.7 Å². The van der Waals surface area contributed by atoms with Gasteiger partial charge >= 0.3 is 5.97 Å². The smallest absolute Gasteiger partial charge is 0.311 e. The quantitative estimate of drug-likeness (QED) is 0.232. The predicted octanol–water partition coefficient (Wildman–Crippen LogP) is 5.09. The van der Waals surface area contributed by atoms with Crippen molar-refractivity contribution in [1.29, 1.82) is 0 Å². The molecule has 0 unspecified atom stereocenters. The number of aliphatic hydroxyl groups excluding tert-OH is 1. The summed E-state index contributed by atoms with van der Waals surface area (Å²) < 4.78 is 5.59. The van der Waals surface area contributed by atoms with Crippen LogP contribution >= 0.6 is 0 Å². The van der Waals surface area contributed by atoms with E-state index in [0.717, 1.165) is 29.3 Å². The second-order valence-electron chi connectivity index (χ2n) is 7.30. The summed E-state index contributed by atoms with van der Waals surface area (Å²) >= 11 is 0. The number of carbonyl (C=O) groups excluding carboxylic acids is 1. The zero-order valence-corrected chi connectivity index (χ0v) is 18.2. The van der Waals surface area contributed by atoms with Gasteiger partial charge in [-0.1, -0.05) is 75.5 Å². The van der Waals surface area contributed by atoms with Gasteiger partial charge in [0, 0.05) is 17.1 Å². The standard InChI is InChI=1S/C27H31NO3/c1-3-5-6-7-8-9-10-16-24(17-12-11-15-23(29)4-2)31-27(30)20-22-21-28-26-19-14-13-18-25(22)26/h4,10,13-14,16,18-19,21,23-24,28-29H,2-3,5-9,20H2,1H3/b16-10-/t23-,24+/m1/s1. The average Bonchev–Trinajstić information content (AvgIpc) is 3.18. The maximum absolute atomic E-state index is 12.5. The van der Waals surface area contributed by atoms with E-state index in [2.05, 4.69) is 42.2 Å². The van der Waals surface area contributed by atoms with Crippen LogP contribution in [0.25, 0.3) is 10.9 Å². The first-order chi connectivity index (χ1) is 15.1. The lowest BCUT2D eigenvalue weighted by atomic mass is 10.1. The van der Waals surface area contributed by atoms with Crippen LogP contribution < -0.4 is 0 Å². The topological polar surface area (TPSA) is 62.3 Å². The number of esters is 1. The summed E-state index contributed by atoms with van der Waals surface area (Å²) in [6.45, 7) is 5.66. The number of fused-ring (bicyclic) bond motifs is 1. The summed E-state index contributed by atoms with van der Waals surface area (Å²) in [5.41, 5.74) is 1.88. The fraction of sp³-hybridized carbons (Fsp3) is 0.370. The number of ether oxygens (including phenoxy) is 1. The molecule has 1 heterocycles. The zero-order valence-electron chi connectivity index (χ0n) is 18.2. The van der Waals surface area contributed by atoms with E-state index in [1.165, 1.54) is 31.8 Å². The van der Waals surface area contributed by atoms with Gasteiger partial charge in [-0.05, 0) is 48.3 Å². The molecule has 0 spiro atoms. The molecule has 4 nitrogen and oxygen atoms in total. The lowest BCUT2D eigenvalue weighted by Crippen LogP contribution is -2.16. The fourth-order valence-electron chi connectivity index (χ4n) is 3.10. The Labute approximate surface area is 185 Å². The van der Waals surface area contributed by atoms with E-state index in [1.54, 1.807) is 0 Å². The van der Waals surface area contributed by atoms with Gasteiger partial charge in [0.05, 0.1) is 6.42 Å². The van der Waals surface area contributed by atoms with Gasteiger partial charge in [0.25, 0.3) is 0 Å². The van der Waals surface area contributed by atoms with E-state index in [9.17, 15) is 9.90 Å². The Morgan fingerprint density at radius 1 is 1.19 bits per heavy atom. The predicted molar refractivity (Wildman–Crippen MR) is 126 cm³/mol. The SMILES string of the molecule is C=C[C@@H](O)C#CC#C[C@H](/C=C\CCCCCCC)OC(=O)Cc1c[nH]c2ccccc12. The van der Waals surface area contributed by atoms with Crippen molar-refractivity contribution in [3.63, 3.8) is 0 Å². The monoisotopic (exact) mass is 417 g/mol. The van der Waals surface area contributed by atoms with Gasteiger partial charge in [-0.2, -0.15) is 0 Å². The largest absolute Gasteiger partial charge is 0.445 e. The summed E-state index contributed by atoms with van der Waals surface area (Å²) in [6.07, 6.45) is 12.5. The number of carbonyl (C=O) groups is 1. The molecule has 0 aliphatic carbocycles. The molecule has 0 radical (unpaired) electrons. The van der Waals surface area contributed by atoms with Crippen molar-refractivity contribution in [3.05, 3.63) is 60.8 Å². The molecule has 1 aromatic carbocycles. The van der Waals surface area contributed by atoms with E-state index < -0.39 is 12.2 Å². The van der Waals surface area contributed by atoms with E-state index >= 15 is 0 Å². The van der Waals surface area contributed by atoms with Crippen LogP contribution in [0.5, 0.6) is 0 Å². The third-order valence-electron chi connectivity index (χ3n) is 4.77. The molecule has 0 bridgehead atoms. The molecule has 1 aromatic heterocycles. The number of aliphatic hydroxyl groups is 1. The highest BCUT2D eigenvalue weighted by molar-refractivity contribution is 5.87. The summed E-state index contributed by atoms with van der Waals surface area (Å²) in [5, 5.41) is 10.4. The Morgan fingerprint density at radius 3 is 2.77 bits per heavy atom. The van der Waals surface area contributed by atoms with Crippen molar-refractivity contribution in [1.82, 2.24) is 4.98 Å². The van der Waals surface area contributed by atoms with Crippen LogP contribution in [0.15, 0.2) is 55.3 Å². The number of H-pyrrole nitrogens is 1. The highest BCUT2D eigenvalue weighted by Crippen LogP contribution is 2.18.